The molecule has 0 radical (unpaired) electrons. The number of benzene rings is 7. The lowest BCUT2D eigenvalue weighted by Crippen LogP contribution is -2.01. The molecule has 0 atom stereocenters. The van der Waals surface area contributed by atoms with Gasteiger partial charge in [-0.25, -0.2) is 15.0 Å². The maximum atomic E-state index is 6.37. The van der Waals surface area contributed by atoms with Gasteiger partial charge in [0.05, 0.1) is 0 Å². The number of hydrogen-bond acceptors (Lipinski definition) is 4. The topological polar surface area (TPSA) is 51.8 Å². The third kappa shape index (κ3) is 4.03. The summed E-state index contributed by atoms with van der Waals surface area (Å²) in [6.07, 6.45) is 0. The van der Waals surface area contributed by atoms with E-state index in [2.05, 4.69) is 103 Å². The highest BCUT2D eigenvalue weighted by molar-refractivity contribution is 6.31. The van der Waals surface area contributed by atoms with Gasteiger partial charge in [-0.05, 0) is 57.3 Å². The van der Waals surface area contributed by atoms with E-state index in [0.717, 1.165) is 60.2 Å². The first-order chi connectivity index (χ1) is 21.7. The van der Waals surface area contributed by atoms with E-state index in [-0.39, 0.29) is 0 Å². The largest absolute Gasteiger partial charge is 0.455 e. The first kappa shape index (κ1) is 25.0. The van der Waals surface area contributed by atoms with E-state index < -0.39 is 0 Å². The van der Waals surface area contributed by atoms with Crippen LogP contribution in [-0.2, 0) is 0 Å². The van der Waals surface area contributed by atoms with Crippen LogP contribution >= 0.6 is 11.6 Å². The van der Waals surface area contributed by atoms with Crippen LogP contribution in [0.2, 0.25) is 5.02 Å². The molecule has 0 spiro atoms. The standard InChI is InChI=1S/C39H22ClN3O/c40-29-17-18-31-33-22-34(30-11-5-6-12-32(30)36(33)44-35(31)21-29)39-42-37(27-15-13-23-7-1-3-9-25(23)19-27)41-38(43-39)28-16-14-24-8-2-4-10-26(24)20-28/h1-22H. The van der Waals surface area contributed by atoms with Crippen LogP contribution < -0.4 is 0 Å². The average Bonchev–Trinajstić information content (AvgIpc) is 3.45. The van der Waals surface area contributed by atoms with Gasteiger partial charge in [0, 0.05) is 43.9 Å². The minimum atomic E-state index is 0.604. The van der Waals surface area contributed by atoms with Crippen LogP contribution in [0.5, 0.6) is 0 Å². The molecule has 0 saturated heterocycles. The van der Waals surface area contributed by atoms with Crippen molar-refractivity contribution >= 4 is 65.9 Å². The van der Waals surface area contributed by atoms with Crippen LogP contribution in [0.4, 0.5) is 0 Å². The van der Waals surface area contributed by atoms with Crippen LogP contribution in [0.3, 0.4) is 0 Å². The molecular formula is C39H22ClN3O. The smallest absolute Gasteiger partial charge is 0.164 e. The fourth-order valence-corrected chi connectivity index (χ4v) is 6.33. The summed E-state index contributed by atoms with van der Waals surface area (Å²) in [5, 5.41) is 9.23. The number of hydrogen-bond donors (Lipinski definition) is 0. The second-order valence-electron chi connectivity index (χ2n) is 11.0. The Morgan fingerprint density at radius 1 is 0.432 bits per heavy atom. The van der Waals surface area contributed by atoms with Crippen molar-refractivity contribution in [1.29, 1.82) is 0 Å². The second kappa shape index (κ2) is 9.73. The van der Waals surface area contributed by atoms with Crippen LogP contribution in [0.25, 0.3) is 88.4 Å². The fourth-order valence-electron chi connectivity index (χ4n) is 6.17. The zero-order valence-corrected chi connectivity index (χ0v) is 24.1. The molecular weight excluding hydrogens is 562 g/mol. The van der Waals surface area contributed by atoms with Crippen LogP contribution in [0.15, 0.2) is 138 Å². The molecule has 7 aromatic carbocycles. The number of furan rings is 1. The van der Waals surface area contributed by atoms with Crippen molar-refractivity contribution in [3.05, 3.63) is 138 Å². The lowest BCUT2D eigenvalue weighted by molar-refractivity contribution is 0.672. The lowest BCUT2D eigenvalue weighted by Gasteiger charge is -2.12. The molecule has 9 aromatic rings. The Balaban J connectivity index is 1.34. The van der Waals surface area contributed by atoms with Gasteiger partial charge in [-0.2, -0.15) is 0 Å². The highest BCUT2D eigenvalue weighted by Crippen LogP contribution is 2.40. The Labute approximate surface area is 257 Å². The molecule has 0 saturated carbocycles. The van der Waals surface area contributed by atoms with Gasteiger partial charge >= 0.3 is 0 Å². The van der Waals surface area contributed by atoms with Crippen molar-refractivity contribution in [1.82, 2.24) is 15.0 Å². The zero-order valence-electron chi connectivity index (χ0n) is 23.3. The Morgan fingerprint density at radius 2 is 1.00 bits per heavy atom. The molecule has 5 heteroatoms. The number of rotatable bonds is 3. The maximum Gasteiger partial charge on any atom is 0.164 e. The van der Waals surface area contributed by atoms with Gasteiger partial charge in [-0.3, -0.25) is 0 Å². The SMILES string of the molecule is Clc1ccc2c(c1)oc1c3ccccc3c(-c3nc(-c4ccc5ccccc5c4)nc(-c4ccc5ccccc5c4)n3)cc21. The van der Waals surface area contributed by atoms with Crippen LogP contribution in [0, 0.1) is 0 Å². The van der Waals surface area contributed by atoms with Gasteiger partial charge in [0.2, 0.25) is 0 Å². The predicted octanol–water partition coefficient (Wildman–Crippen LogP) is 10.9. The predicted molar refractivity (Wildman–Crippen MR) is 181 cm³/mol. The van der Waals surface area contributed by atoms with Gasteiger partial charge in [0.25, 0.3) is 0 Å². The maximum absolute atomic E-state index is 6.37. The minimum absolute atomic E-state index is 0.604. The number of fused-ring (bicyclic) bond motifs is 7. The van der Waals surface area contributed by atoms with Crippen LogP contribution in [-0.4, -0.2) is 15.0 Å². The number of nitrogens with zero attached hydrogens (tertiary/aromatic N) is 3. The third-order valence-corrected chi connectivity index (χ3v) is 8.57. The van der Waals surface area contributed by atoms with E-state index in [4.69, 9.17) is 31.0 Å². The highest BCUT2D eigenvalue weighted by Gasteiger charge is 2.19. The van der Waals surface area contributed by atoms with Gasteiger partial charge in [0.1, 0.15) is 11.2 Å². The molecule has 206 valence electrons. The van der Waals surface area contributed by atoms with Crippen molar-refractivity contribution in [3.8, 4) is 34.2 Å². The van der Waals surface area contributed by atoms with E-state index in [1.165, 1.54) is 10.8 Å². The second-order valence-corrected chi connectivity index (χ2v) is 11.5. The van der Waals surface area contributed by atoms with E-state index in [9.17, 15) is 0 Å². The average molecular weight is 584 g/mol. The van der Waals surface area contributed by atoms with E-state index in [1.807, 2.05) is 30.3 Å². The zero-order chi connectivity index (χ0) is 29.2. The molecule has 9 rings (SSSR count). The first-order valence-corrected chi connectivity index (χ1v) is 14.8. The summed E-state index contributed by atoms with van der Waals surface area (Å²) >= 11 is 6.33. The van der Waals surface area contributed by atoms with Crippen molar-refractivity contribution in [2.75, 3.05) is 0 Å². The Kier molecular flexibility index (Phi) is 5.52. The van der Waals surface area contributed by atoms with Gasteiger partial charge in [-0.15, -0.1) is 0 Å². The van der Waals surface area contributed by atoms with Crippen LogP contribution in [0.1, 0.15) is 0 Å². The summed E-state index contributed by atoms with van der Waals surface area (Å²) in [6.45, 7) is 0. The third-order valence-electron chi connectivity index (χ3n) is 8.33. The molecule has 0 aliphatic heterocycles. The summed E-state index contributed by atoms with van der Waals surface area (Å²) < 4.78 is 6.37. The molecule has 0 N–H and O–H groups in total. The molecule has 2 heterocycles. The quantitative estimate of drug-likeness (QED) is 0.207. The summed E-state index contributed by atoms with van der Waals surface area (Å²) in [6, 6.07) is 45.5. The summed E-state index contributed by atoms with van der Waals surface area (Å²) in [4.78, 5) is 15.3. The van der Waals surface area contributed by atoms with Crippen molar-refractivity contribution in [2.45, 2.75) is 0 Å². The molecule has 2 aromatic heterocycles. The summed E-state index contributed by atoms with van der Waals surface area (Å²) in [5.41, 5.74) is 4.35. The lowest BCUT2D eigenvalue weighted by atomic mass is 9.99. The Hall–Kier alpha value is -5.58. The molecule has 0 aliphatic carbocycles. The van der Waals surface area contributed by atoms with E-state index in [0.29, 0.717) is 22.5 Å². The van der Waals surface area contributed by atoms with Crippen molar-refractivity contribution in [3.63, 3.8) is 0 Å². The fraction of sp³-hybridized carbons (Fsp3) is 0. The van der Waals surface area contributed by atoms with E-state index in [1.54, 1.807) is 0 Å². The molecule has 44 heavy (non-hydrogen) atoms. The minimum Gasteiger partial charge on any atom is -0.455 e. The summed E-state index contributed by atoms with van der Waals surface area (Å²) in [5.74, 6) is 1.85. The van der Waals surface area contributed by atoms with Crippen molar-refractivity contribution in [2.24, 2.45) is 0 Å². The highest BCUT2D eigenvalue weighted by atomic mass is 35.5. The monoisotopic (exact) mass is 583 g/mol. The first-order valence-electron chi connectivity index (χ1n) is 14.5. The Morgan fingerprint density at radius 3 is 1.66 bits per heavy atom. The van der Waals surface area contributed by atoms with E-state index >= 15 is 0 Å². The number of halogens is 1. The van der Waals surface area contributed by atoms with Gasteiger partial charge in [0.15, 0.2) is 17.5 Å². The van der Waals surface area contributed by atoms with Gasteiger partial charge in [-0.1, -0.05) is 109 Å². The normalized spacial score (nSPS) is 11.8. The van der Waals surface area contributed by atoms with Crippen molar-refractivity contribution < 1.29 is 4.42 Å². The molecule has 0 amide bonds. The molecule has 0 bridgehead atoms. The molecule has 0 unspecified atom stereocenters. The van der Waals surface area contributed by atoms with Gasteiger partial charge < -0.3 is 4.42 Å². The summed E-state index contributed by atoms with van der Waals surface area (Å²) in [7, 11) is 0. The molecule has 0 fully saturated rings. The molecule has 0 aliphatic rings. The number of aromatic nitrogens is 3. The Bertz CT molecular complexity index is 2490. The molecule has 4 nitrogen and oxygen atoms in total.